The Morgan fingerprint density at radius 2 is 1.84 bits per heavy atom. The molecule has 1 amide bonds. The van der Waals surface area contributed by atoms with E-state index >= 15 is 0 Å². The molecule has 0 fully saturated rings. The minimum Gasteiger partial charge on any atom is -0.447 e. The Labute approximate surface area is 111 Å². The van der Waals surface area contributed by atoms with Gasteiger partial charge in [-0.15, -0.1) is 0 Å². The van der Waals surface area contributed by atoms with Gasteiger partial charge in [0.15, 0.2) is 0 Å². The van der Waals surface area contributed by atoms with Crippen LogP contribution in [-0.4, -0.2) is 51.8 Å². The topological polar surface area (TPSA) is 100 Å². The van der Waals surface area contributed by atoms with Crippen LogP contribution < -0.4 is 5.32 Å². The van der Waals surface area contributed by atoms with E-state index in [2.05, 4.69) is 15.1 Å². The third-order valence-electron chi connectivity index (χ3n) is 2.18. The Hall–Kier alpha value is -1.67. The van der Waals surface area contributed by atoms with Crippen molar-refractivity contribution in [2.45, 2.75) is 13.3 Å². The molecule has 0 aliphatic rings. The van der Waals surface area contributed by atoms with E-state index in [1.54, 1.807) is 0 Å². The summed E-state index contributed by atoms with van der Waals surface area (Å²) >= 11 is 0. The third kappa shape index (κ3) is 8.97. The first kappa shape index (κ1) is 17.3. The fourth-order valence-electron chi connectivity index (χ4n) is 1.16. The summed E-state index contributed by atoms with van der Waals surface area (Å²) in [5, 5.41) is 2.38. The van der Waals surface area contributed by atoms with Gasteiger partial charge in [0.05, 0.1) is 20.1 Å². The van der Waals surface area contributed by atoms with Gasteiger partial charge < -0.3 is 14.8 Å². The van der Waals surface area contributed by atoms with Gasteiger partial charge in [0.2, 0.25) is 0 Å². The van der Waals surface area contributed by atoms with Crippen LogP contribution >= 0.6 is 0 Å². The highest BCUT2D eigenvalue weighted by Crippen LogP contribution is 2.05. The lowest BCUT2D eigenvalue weighted by molar-refractivity contribution is -0.255. The number of Topliss-reactive ketones (excluding diaryl/α,β-unsaturated/α-hetero) is 1. The van der Waals surface area contributed by atoms with Gasteiger partial charge in [0, 0.05) is 19.6 Å². The number of hydrogen-bond acceptors (Lipinski definition) is 7. The average Bonchev–Trinajstić information content (AvgIpc) is 2.34. The summed E-state index contributed by atoms with van der Waals surface area (Å²) in [6.07, 6.45) is -0.856. The second-order valence-corrected chi connectivity index (χ2v) is 3.64. The van der Waals surface area contributed by atoms with Gasteiger partial charge in [-0.1, -0.05) is 0 Å². The van der Waals surface area contributed by atoms with Crippen LogP contribution in [0.3, 0.4) is 0 Å². The number of methoxy groups -OCH3 is 1. The van der Waals surface area contributed by atoms with Crippen LogP contribution in [0.15, 0.2) is 0 Å². The van der Waals surface area contributed by atoms with Crippen LogP contribution in [0.1, 0.15) is 13.3 Å². The Morgan fingerprint density at radius 1 is 1.16 bits per heavy atom. The van der Waals surface area contributed by atoms with Crippen molar-refractivity contribution >= 4 is 17.8 Å². The first-order valence-corrected chi connectivity index (χ1v) is 5.64. The normalized spacial score (nSPS) is 11.5. The largest absolute Gasteiger partial charge is 0.447 e. The maximum absolute atomic E-state index is 11.3. The minimum absolute atomic E-state index is 0.0139. The van der Waals surface area contributed by atoms with Crippen molar-refractivity contribution in [1.82, 2.24) is 5.32 Å². The fraction of sp³-hybridized carbons (Fsp3) is 0.727. The average molecular weight is 277 g/mol. The lowest BCUT2D eigenvalue weighted by atomic mass is 10.0. The van der Waals surface area contributed by atoms with Gasteiger partial charge in [-0.2, -0.15) is 4.89 Å². The molecule has 110 valence electrons. The lowest BCUT2D eigenvalue weighted by Gasteiger charge is -2.13. The maximum Gasteiger partial charge on any atom is 0.407 e. The summed E-state index contributed by atoms with van der Waals surface area (Å²) in [6, 6.07) is 0. The fourth-order valence-corrected chi connectivity index (χ4v) is 1.16. The van der Waals surface area contributed by atoms with Crippen molar-refractivity contribution in [2.75, 3.05) is 34.0 Å². The molecule has 0 bridgehead atoms. The number of alkyl carbamates (subject to hydrolysis) is 1. The van der Waals surface area contributed by atoms with Crippen molar-refractivity contribution in [2.24, 2.45) is 5.92 Å². The molecule has 0 aliphatic carbocycles. The van der Waals surface area contributed by atoms with Crippen LogP contribution in [0, 0.1) is 5.92 Å². The maximum atomic E-state index is 11.3. The molecule has 0 saturated heterocycles. The van der Waals surface area contributed by atoms with Crippen LogP contribution in [-0.2, 0) is 28.8 Å². The number of ether oxygens (including phenoxy) is 2. The molecule has 0 saturated carbocycles. The lowest BCUT2D eigenvalue weighted by Crippen LogP contribution is -2.34. The molecule has 0 heterocycles. The molecular weight excluding hydrogens is 258 g/mol. The zero-order valence-corrected chi connectivity index (χ0v) is 11.3. The summed E-state index contributed by atoms with van der Waals surface area (Å²) in [5.41, 5.74) is 0. The predicted molar refractivity (Wildman–Crippen MR) is 63.1 cm³/mol. The number of rotatable bonds is 9. The molecule has 0 rings (SSSR count). The third-order valence-corrected chi connectivity index (χ3v) is 2.18. The summed E-state index contributed by atoms with van der Waals surface area (Å²) < 4.78 is 9.44. The molecule has 0 aromatic carbocycles. The van der Waals surface area contributed by atoms with Crippen molar-refractivity contribution in [1.29, 1.82) is 0 Å². The molecule has 8 nitrogen and oxygen atoms in total. The Kier molecular flexibility index (Phi) is 9.37. The number of ketones is 1. The smallest absolute Gasteiger partial charge is 0.407 e. The van der Waals surface area contributed by atoms with E-state index in [-0.39, 0.29) is 32.0 Å². The minimum atomic E-state index is -0.683. The summed E-state index contributed by atoms with van der Waals surface area (Å²) in [7, 11) is 2.67. The van der Waals surface area contributed by atoms with Crippen molar-refractivity contribution < 1.29 is 33.6 Å². The highest BCUT2D eigenvalue weighted by molar-refractivity contribution is 5.84. The van der Waals surface area contributed by atoms with Gasteiger partial charge in [0.1, 0.15) is 12.4 Å². The first-order valence-electron chi connectivity index (χ1n) is 5.64. The molecule has 0 spiro atoms. The van der Waals surface area contributed by atoms with Gasteiger partial charge in [-0.05, 0) is 6.92 Å². The quantitative estimate of drug-likeness (QED) is 0.361. The Bertz CT molecular complexity index is 305. The van der Waals surface area contributed by atoms with Gasteiger partial charge >= 0.3 is 12.1 Å². The zero-order valence-electron chi connectivity index (χ0n) is 11.3. The molecule has 19 heavy (non-hydrogen) atoms. The molecule has 0 aromatic rings. The van der Waals surface area contributed by atoms with E-state index in [9.17, 15) is 14.4 Å². The number of carbonyl (C=O) groups is 3. The molecule has 0 radical (unpaired) electrons. The first-order chi connectivity index (χ1) is 9.01. The summed E-state index contributed by atoms with van der Waals surface area (Å²) in [5.74, 6) is -1.61. The molecule has 1 N–H and O–H groups in total. The second-order valence-electron chi connectivity index (χ2n) is 3.64. The summed E-state index contributed by atoms with van der Waals surface area (Å²) in [6.45, 7) is 1.70. The predicted octanol–water partition coefficient (Wildman–Crippen LogP) is 0.0589. The Morgan fingerprint density at radius 3 is 2.37 bits per heavy atom. The van der Waals surface area contributed by atoms with Crippen LogP contribution in [0.2, 0.25) is 0 Å². The monoisotopic (exact) mass is 277 g/mol. The van der Waals surface area contributed by atoms with Gasteiger partial charge in [0.25, 0.3) is 0 Å². The molecule has 8 heteroatoms. The van der Waals surface area contributed by atoms with Crippen molar-refractivity contribution in [3.63, 3.8) is 0 Å². The number of nitrogens with one attached hydrogen (secondary N) is 1. The number of hydrogen-bond donors (Lipinski definition) is 1. The standard InChI is InChI=1S/C11H19NO7/c1-8(13)9(6-10(14)19-17-3)7-12-11(15)18-5-4-16-2/h9H,4-7H2,1-3H3,(H,12,15). The molecule has 0 aliphatic heterocycles. The van der Waals surface area contributed by atoms with E-state index in [0.29, 0.717) is 0 Å². The Balaban J connectivity index is 4.04. The van der Waals surface area contributed by atoms with E-state index in [0.717, 1.165) is 0 Å². The molecule has 1 atom stereocenters. The highest BCUT2D eigenvalue weighted by atomic mass is 17.2. The van der Waals surface area contributed by atoms with E-state index in [1.165, 1.54) is 21.1 Å². The van der Waals surface area contributed by atoms with Crippen LogP contribution in [0.25, 0.3) is 0 Å². The SMILES string of the molecule is COCCOC(=O)NCC(CC(=O)OOC)C(C)=O. The molecule has 1 unspecified atom stereocenters. The molecular formula is C11H19NO7. The molecule has 0 aromatic heterocycles. The van der Waals surface area contributed by atoms with Crippen LogP contribution in [0.4, 0.5) is 4.79 Å². The van der Waals surface area contributed by atoms with Crippen molar-refractivity contribution in [3.8, 4) is 0 Å². The van der Waals surface area contributed by atoms with E-state index in [1.807, 2.05) is 0 Å². The van der Waals surface area contributed by atoms with Crippen molar-refractivity contribution in [3.05, 3.63) is 0 Å². The van der Waals surface area contributed by atoms with Gasteiger partial charge in [-0.3, -0.25) is 9.68 Å². The van der Waals surface area contributed by atoms with E-state index < -0.39 is 18.0 Å². The highest BCUT2D eigenvalue weighted by Gasteiger charge is 2.21. The zero-order chi connectivity index (χ0) is 14.7. The second kappa shape index (κ2) is 10.3. The number of carbonyl (C=O) groups excluding carboxylic acids is 3. The summed E-state index contributed by atoms with van der Waals surface area (Å²) in [4.78, 5) is 42.1. The van der Waals surface area contributed by atoms with Gasteiger partial charge in [-0.25, -0.2) is 9.59 Å². The number of amides is 1. The van der Waals surface area contributed by atoms with E-state index in [4.69, 9.17) is 9.47 Å². The van der Waals surface area contributed by atoms with Crippen LogP contribution in [0.5, 0.6) is 0 Å².